The van der Waals surface area contributed by atoms with Crippen LogP contribution >= 0.6 is 11.3 Å². The molecule has 0 aliphatic heterocycles. The van der Waals surface area contributed by atoms with Gasteiger partial charge < -0.3 is 18.6 Å². The molecule has 2 heterocycles. The summed E-state index contributed by atoms with van der Waals surface area (Å²) in [4.78, 5) is 4.28. The highest BCUT2D eigenvalue weighted by Crippen LogP contribution is 2.38. The first-order chi connectivity index (χ1) is 9.75. The molecule has 0 aliphatic rings. The van der Waals surface area contributed by atoms with Crippen molar-refractivity contribution in [3.05, 3.63) is 24.4 Å². The fraction of sp³-hybridized carbons (Fsp3) is 0.214. The van der Waals surface area contributed by atoms with Crippen LogP contribution in [0.2, 0.25) is 0 Å². The zero-order valence-corrected chi connectivity index (χ0v) is 12.1. The molecule has 2 aromatic heterocycles. The molecule has 0 spiro atoms. The molecule has 0 aliphatic carbocycles. The number of hydrogen-bond acceptors (Lipinski definition) is 6. The zero-order chi connectivity index (χ0) is 14.1. The zero-order valence-electron chi connectivity index (χ0n) is 11.3. The molecule has 20 heavy (non-hydrogen) atoms. The molecule has 3 aromatic rings. The Morgan fingerprint density at radius 1 is 1.05 bits per heavy atom. The molecule has 0 fully saturated rings. The Morgan fingerprint density at radius 3 is 2.55 bits per heavy atom. The summed E-state index contributed by atoms with van der Waals surface area (Å²) in [5, 5.41) is 2.39. The molecule has 0 saturated carbocycles. The molecule has 0 saturated heterocycles. The molecule has 0 atom stereocenters. The van der Waals surface area contributed by atoms with E-state index in [0.29, 0.717) is 22.8 Å². The Bertz CT molecular complexity index is 747. The van der Waals surface area contributed by atoms with Crippen LogP contribution in [0.5, 0.6) is 16.6 Å². The van der Waals surface area contributed by atoms with Crippen LogP contribution < -0.4 is 14.2 Å². The molecule has 104 valence electrons. The van der Waals surface area contributed by atoms with Crippen LogP contribution in [0, 0.1) is 0 Å². The van der Waals surface area contributed by atoms with Crippen molar-refractivity contribution in [2.45, 2.75) is 0 Å². The lowest BCUT2D eigenvalue weighted by Gasteiger charge is -2.04. The molecule has 0 amide bonds. The van der Waals surface area contributed by atoms with Gasteiger partial charge in [0.15, 0.2) is 15.8 Å². The summed E-state index contributed by atoms with van der Waals surface area (Å²) in [7, 11) is 4.84. The van der Waals surface area contributed by atoms with E-state index >= 15 is 0 Å². The fourth-order valence-corrected chi connectivity index (χ4v) is 2.63. The molecule has 0 bridgehead atoms. The van der Waals surface area contributed by atoms with Gasteiger partial charge in [-0.1, -0.05) is 11.3 Å². The van der Waals surface area contributed by atoms with Gasteiger partial charge in [0.2, 0.25) is 0 Å². The van der Waals surface area contributed by atoms with E-state index in [4.69, 9.17) is 18.6 Å². The highest BCUT2D eigenvalue weighted by atomic mass is 32.1. The van der Waals surface area contributed by atoms with Crippen molar-refractivity contribution in [1.29, 1.82) is 0 Å². The van der Waals surface area contributed by atoms with Gasteiger partial charge in [-0.2, -0.15) is 0 Å². The van der Waals surface area contributed by atoms with Crippen molar-refractivity contribution in [1.82, 2.24) is 4.98 Å². The van der Waals surface area contributed by atoms with Crippen molar-refractivity contribution in [3.63, 3.8) is 0 Å². The maximum atomic E-state index is 5.83. The van der Waals surface area contributed by atoms with Crippen LogP contribution in [0.1, 0.15) is 0 Å². The Balaban J connectivity index is 2.14. The number of rotatable bonds is 4. The first-order valence-corrected chi connectivity index (χ1v) is 6.72. The monoisotopic (exact) mass is 291 g/mol. The number of nitrogens with zero attached hydrogens (tertiary/aromatic N) is 1. The maximum absolute atomic E-state index is 5.83. The molecule has 5 nitrogen and oxygen atoms in total. The van der Waals surface area contributed by atoms with Gasteiger partial charge in [0.1, 0.15) is 17.1 Å². The van der Waals surface area contributed by atoms with Gasteiger partial charge in [-0.15, -0.1) is 0 Å². The minimum Gasteiger partial charge on any atom is -0.496 e. The average Bonchev–Trinajstić information content (AvgIpc) is 3.11. The van der Waals surface area contributed by atoms with Gasteiger partial charge in [0.25, 0.3) is 0 Å². The molecular formula is C14H13NO4S. The largest absolute Gasteiger partial charge is 0.496 e. The lowest BCUT2D eigenvalue weighted by molar-refractivity contribution is 0.397. The summed E-state index contributed by atoms with van der Waals surface area (Å²) in [5.74, 6) is 2.07. The summed E-state index contributed by atoms with van der Waals surface area (Å²) in [5.41, 5.74) is 0.699. The Morgan fingerprint density at radius 2 is 1.90 bits per heavy atom. The summed E-state index contributed by atoms with van der Waals surface area (Å²) < 4.78 is 21.6. The van der Waals surface area contributed by atoms with Gasteiger partial charge in [-0.05, 0) is 6.07 Å². The second kappa shape index (κ2) is 5.05. The SMILES string of the molecule is COc1cc(OC)c2cc(-c3ncc(OC)s3)oc2c1. The van der Waals surface area contributed by atoms with E-state index < -0.39 is 0 Å². The Kier molecular flexibility index (Phi) is 3.23. The molecule has 0 N–H and O–H groups in total. The summed E-state index contributed by atoms with van der Waals surface area (Å²) in [6, 6.07) is 5.56. The Hall–Kier alpha value is -2.21. The van der Waals surface area contributed by atoms with Gasteiger partial charge in [0.05, 0.1) is 32.9 Å². The van der Waals surface area contributed by atoms with Crippen LogP contribution in [0.15, 0.2) is 28.8 Å². The summed E-state index contributed by atoms with van der Waals surface area (Å²) >= 11 is 1.43. The van der Waals surface area contributed by atoms with E-state index in [0.717, 1.165) is 15.5 Å². The van der Waals surface area contributed by atoms with Crippen LogP contribution in [-0.2, 0) is 0 Å². The van der Waals surface area contributed by atoms with Gasteiger partial charge in [0, 0.05) is 12.1 Å². The first kappa shape index (κ1) is 12.8. The van der Waals surface area contributed by atoms with Crippen molar-refractivity contribution < 1.29 is 18.6 Å². The van der Waals surface area contributed by atoms with Gasteiger partial charge >= 0.3 is 0 Å². The van der Waals surface area contributed by atoms with Gasteiger partial charge in [-0.3, -0.25) is 0 Å². The predicted molar refractivity (Wildman–Crippen MR) is 77.0 cm³/mol. The van der Waals surface area contributed by atoms with Crippen LogP contribution in [-0.4, -0.2) is 26.3 Å². The molecule has 6 heteroatoms. The molecular weight excluding hydrogens is 278 g/mol. The van der Waals surface area contributed by atoms with E-state index in [-0.39, 0.29) is 0 Å². The van der Waals surface area contributed by atoms with Crippen LogP contribution in [0.25, 0.3) is 21.7 Å². The van der Waals surface area contributed by atoms with Crippen molar-refractivity contribution in [2.75, 3.05) is 21.3 Å². The molecule has 0 unspecified atom stereocenters. The number of ether oxygens (including phenoxy) is 3. The third-order valence-corrected chi connectivity index (χ3v) is 3.90. The third kappa shape index (κ3) is 2.08. The number of hydrogen-bond donors (Lipinski definition) is 0. The topological polar surface area (TPSA) is 53.7 Å². The smallest absolute Gasteiger partial charge is 0.194 e. The first-order valence-electron chi connectivity index (χ1n) is 5.91. The van der Waals surface area contributed by atoms with E-state index in [1.165, 1.54) is 11.3 Å². The van der Waals surface area contributed by atoms with Crippen molar-refractivity contribution >= 4 is 22.3 Å². The normalized spacial score (nSPS) is 10.8. The highest BCUT2D eigenvalue weighted by molar-refractivity contribution is 7.16. The third-order valence-electron chi connectivity index (χ3n) is 2.93. The van der Waals surface area contributed by atoms with Crippen LogP contribution in [0.3, 0.4) is 0 Å². The minimum atomic E-state index is 0.680. The predicted octanol–water partition coefficient (Wildman–Crippen LogP) is 3.58. The highest BCUT2D eigenvalue weighted by Gasteiger charge is 2.15. The summed E-state index contributed by atoms with van der Waals surface area (Å²) in [6.07, 6.45) is 1.67. The van der Waals surface area contributed by atoms with Gasteiger partial charge in [-0.25, -0.2) is 4.98 Å². The van der Waals surface area contributed by atoms with E-state index in [1.807, 2.05) is 18.2 Å². The number of methoxy groups -OCH3 is 3. The maximum Gasteiger partial charge on any atom is 0.194 e. The average molecular weight is 291 g/mol. The number of furan rings is 1. The Labute approximate surface area is 119 Å². The quantitative estimate of drug-likeness (QED) is 0.735. The number of aromatic nitrogens is 1. The summed E-state index contributed by atoms with van der Waals surface area (Å²) in [6.45, 7) is 0. The number of thiazole rings is 1. The fourth-order valence-electron chi connectivity index (χ4n) is 1.94. The van der Waals surface area contributed by atoms with Crippen LogP contribution in [0.4, 0.5) is 0 Å². The number of benzene rings is 1. The second-order valence-electron chi connectivity index (χ2n) is 4.04. The van der Waals surface area contributed by atoms with E-state index in [2.05, 4.69) is 4.98 Å². The molecule has 3 rings (SSSR count). The van der Waals surface area contributed by atoms with Crippen molar-refractivity contribution in [3.8, 4) is 27.3 Å². The lowest BCUT2D eigenvalue weighted by Crippen LogP contribution is -1.86. The minimum absolute atomic E-state index is 0.680. The van der Waals surface area contributed by atoms with E-state index in [9.17, 15) is 0 Å². The molecule has 1 aromatic carbocycles. The molecule has 0 radical (unpaired) electrons. The van der Waals surface area contributed by atoms with E-state index in [1.54, 1.807) is 27.5 Å². The number of fused-ring (bicyclic) bond motifs is 1. The van der Waals surface area contributed by atoms with Crippen molar-refractivity contribution in [2.24, 2.45) is 0 Å². The standard InChI is InChI=1S/C14H13NO4S/c1-16-8-4-10(17-2)9-6-12(19-11(9)5-8)14-15-7-13(18-3)20-14/h4-7H,1-3H3. The second-order valence-corrected chi connectivity index (χ2v) is 5.03. The lowest BCUT2D eigenvalue weighted by atomic mass is 10.2.